The van der Waals surface area contributed by atoms with Crippen molar-refractivity contribution in [2.75, 3.05) is 13.2 Å². The van der Waals surface area contributed by atoms with Gasteiger partial charge in [-0.05, 0) is 331 Å². The van der Waals surface area contributed by atoms with Gasteiger partial charge < -0.3 is 29.4 Å². The Hall–Kier alpha value is -10.8. The minimum absolute atomic E-state index is 0.00458. The molecule has 2 aromatic carbocycles. The van der Waals surface area contributed by atoms with E-state index in [9.17, 15) is 9.59 Å². The lowest BCUT2D eigenvalue weighted by molar-refractivity contribution is -0.149. The SMILES string of the molecule is CCCCCCC1=C(C)c2nc1cc1[nH]c(c(C)c1CCCCCC)c1c3[nH]c(cc4nc(c2/C=C\COC(=O)CCC(=O)OCC=Cc2c5nc(cc6nc(c(c7[nH]c(cc8[nH]c2c(C)c8CCCCCC)c(CCCCCC)c7C)-c2cccc(c2)C#CC#Cc2cccc-1c2)C(C)=C6CCCCCC)C(CCCCCC)=C5C)C(C)=C4CCCCCC)c(CCCCCC)c3C. The predicted octanol–water partition coefficient (Wildman–Crippen LogP) is 33.9. The number of rotatable bonds is 40. The number of hydrogen-bond donors (Lipinski definition) is 4. The van der Waals surface area contributed by atoms with E-state index in [1.807, 2.05) is 12.2 Å². The Morgan fingerprint density at radius 3 is 0.963 bits per heavy atom. The summed E-state index contributed by atoms with van der Waals surface area (Å²) in [6.07, 6.45) is 50.9. The first-order valence-electron chi connectivity index (χ1n) is 52.6. The maximum absolute atomic E-state index is 14.2. The topological polar surface area (TPSA) is 167 Å². The van der Waals surface area contributed by atoms with Crippen molar-refractivity contribution >= 4 is 113 Å². The van der Waals surface area contributed by atoms with Gasteiger partial charge in [-0.1, -0.05) is 258 Å². The molecule has 134 heavy (non-hydrogen) atoms. The molecule has 16 rings (SSSR count). The molecule has 708 valence electrons. The third-order valence-electron chi connectivity index (χ3n) is 29.0. The van der Waals surface area contributed by atoms with Crippen molar-refractivity contribution in [3.63, 3.8) is 0 Å². The summed E-state index contributed by atoms with van der Waals surface area (Å²) < 4.78 is 12.3. The fraction of sp³-hybridized carbons (Fsp3) is 0.492. The van der Waals surface area contributed by atoms with E-state index >= 15 is 0 Å². The third kappa shape index (κ3) is 24.5. The first-order valence-corrected chi connectivity index (χ1v) is 52.6. The number of unbranched alkanes of at least 4 members (excludes halogenated alkanes) is 24. The van der Waals surface area contributed by atoms with E-state index in [0.717, 1.165) is 376 Å². The van der Waals surface area contributed by atoms with E-state index in [-0.39, 0.29) is 26.1 Å². The molecule has 4 N–H and O–H groups in total. The van der Waals surface area contributed by atoms with Crippen LogP contribution in [0.3, 0.4) is 0 Å². The number of aromatic nitrogens is 8. The van der Waals surface area contributed by atoms with Crippen molar-refractivity contribution in [3.8, 4) is 45.9 Å². The monoisotopic (exact) mass is 1800 g/mol. The van der Waals surface area contributed by atoms with Gasteiger partial charge in [0.15, 0.2) is 0 Å². The van der Waals surface area contributed by atoms with Gasteiger partial charge in [0.25, 0.3) is 0 Å². The van der Waals surface area contributed by atoms with Crippen LogP contribution in [0.1, 0.15) is 439 Å². The number of benzene rings is 2. The van der Waals surface area contributed by atoms with Gasteiger partial charge >= 0.3 is 11.9 Å². The second-order valence-corrected chi connectivity index (χ2v) is 38.8. The predicted molar refractivity (Wildman–Crippen MR) is 571 cm³/mol. The highest BCUT2D eigenvalue weighted by molar-refractivity contribution is 6.05. The van der Waals surface area contributed by atoms with Crippen LogP contribution in [0.2, 0.25) is 0 Å². The first-order chi connectivity index (χ1) is 65.4. The van der Waals surface area contributed by atoms with Gasteiger partial charge in [0.2, 0.25) is 0 Å². The standard InChI is InChI=1S/C122H156N8O4/c1-17-25-33-41-61-93-81(9)115-101-69-53-73-133-111(131)71-72-112(132)134-74-54-70-102-117-83(11)95(63-43-35-27-19-3)105(125-117)79-109-99(67-47-39-31-23-7)87(15)121(129-109)114(122-88(16)100(68-48-40-32-24-8)110(130-122)80-106-96(64-44-36-28-20-4)84(12)118(102)126-106)92-60-52-58-90(76-92)56-50-49-55-89-57-51-59-91(75-89)113(119-85(13)97(65-45-37-29-21-5)107(127-119)77-103(93)123-115)120-86(14)98(66-46-38-30-22-6)108(128-120)78-104-94(62-42-34-26-18-2)82(10)116(101)124-104/h51-54,57-60,69-70,75-80,123,127,129-130H,17-48,61-68,71-74H2,1-16H3/b69-53?,70-54-,103-77?,104-78?,105-79?,106-80?,107-77?,108-78?,109-79?,110-80?,115-101?,116-101?,117-102?,118-102?,119-113?,120-113?,121-114?,122-114?. The van der Waals surface area contributed by atoms with E-state index in [1.165, 1.54) is 104 Å². The summed E-state index contributed by atoms with van der Waals surface area (Å²) in [7, 11) is 0. The van der Waals surface area contributed by atoms with Gasteiger partial charge in [-0.3, -0.25) is 9.59 Å². The summed E-state index contributed by atoms with van der Waals surface area (Å²) in [5, 5.41) is 0. The first kappa shape index (κ1) is 101. The van der Waals surface area contributed by atoms with Gasteiger partial charge in [0.1, 0.15) is 13.2 Å². The number of carbonyl (C=O) groups is 2. The molecule has 0 spiro atoms. The van der Waals surface area contributed by atoms with Crippen molar-refractivity contribution in [2.45, 2.75) is 380 Å². The Bertz CT molecular complexity index is 6100. The molecule has 12 nitrogen and oxygen atoms in total. The Balaban J connectivity index is 1.10. The van der Waals surface area contributed by atoms with E-state index < -0.39 is 11.9 Å². The number of aromatic amines is 4. The molecule has 8 aromatic rings. The van der Waals surface area contributed by atoms with E-state index in [4.69, 9.17) is 29.4 Å². The Labute approximate surface area is 803 Å². The summed E-state index contributed by atoms with van der Waals surface area (Å²) in [5.41, 5.74) is 43.6. The van der Waals surface area contributed by atoms with Crippen LogP contribution in [0.25, 0.3) is 123 Å². The summed E-state index contributed by atoms with van der Waals surface area (Å²) in [4.78, 5) is 69.0. The number of carbonyl (C=O) groups excluding carboxylic acids is 2. The van der Waals surface area contributed by atoms with Crippen molar-refractivity contribution in [2.24, 2.45) is 0 Å². The number of hydrogen-bond acceptors (Lipinski definition) is 8. The maximum atomic E-state index is 14.2. The molecule has 8 aliphatic rings. The molecule has 12 heteroatoms. The normalized spacial score (nSPS) is 14.1. The fourth-order valence-electron chi connectivity index (χ4n) is 21.0. The second kappa shape index (κ2) is 50.1. The van der Waals surface area contributed by atoms with E-state index in [1.54, 1.807) is 0 Å². The molecular formula is C122H156N8O4. The zero-order valence-electron chi connectivity index (χ0n) is 84.8. The van der Waals surface area contributed by atoms with Crippen molar-refractivity contribution in [1.82, 2.24) is 39.9 Å². The summed E-state index contributed by atoms with van der Waals surface area (Å²) in [6.45, 7) is 36.7. The minimum Gasteiger partial charge on any atom is -0.461 e. The largest absolute Gasteiger partial charge is 0.461 e. The molecule has 0 fully saturated rings. The number of H-pyrrole nitrogens is 4. The number of allylic oxidation sites excluding steroid dienone is 8. The Morgan fingerprint density at radius 1 is 0.306 bits per heavy atom. The molecule has 6 aromatic heterocycles. The van der Waals surface area contributed by atoms with E-state index in [2.05, 4.69) is 239 Å². The molecular weight excluding hydrogens is 1640 g/mol. The van der Waals surface area contributed by atoms with Crippen LogP contribution in [-0.4, -0.2) is 65.0 Å². The van der Waals surface area contributed by atoms with Crippen LogP contribution in [0, 0.1) is 51.4 Å². The summed E-state index contributed by atoms with van der Waals surface area (Å²) >= 11 is 0. The Morgan fingerprint density at radius 2 is 0.597 bits per heavy atom. The molecule has 0 radical (unpaired) electrons. The number of aryl methyl sites for hydroxylation is 8. The molecule has 0 saturated heterocycles. The van der Waals surface area contributed by atoms with Crippen LogP contribution in [0.5, 0.6) is 0 Å². The van der Waals surface area contributed by atoms with Crippen LogP contribution in [0.4, 0.5) is 0 Å². The molecule has 0 aliphatic carbocycles. The third-order valence-corrected chi connectivity index (χ3v) is 29.0. The van der Waals surface area contributed by atoms with Crippen LogP contribution in [0.15, 0.2) is 84.9 Å². The average molecular weight is 1800 g/mol. The molecule has 0 saturated carbocycles. The number of nitrogens with one attached hydrogen (secondary N) is 4. The van der Waals surface area contributed by atoms with Gasteiger partial charge in [0.05, 0.1) is 80.5 Å². The lowest BCUT2D eigenvalue weighted by Gasteiger charge is -2.10. The van der Waals surface area contributed by atoms with Gasteiger partial charge in [-0.15, -0.1) is 0 Å². The highest BCUT2D eigenvalue weighted by Gasteiger charge is 2.31. The van der Waals surface area contributed by atoms with Gasteiger partial charge in [-0.25, -0.2) is 19.9 Å². The minimum atomic E-state index is -0.478. The molecule has 0 unspecified atom stereocenters. The van der Waals surface area contributed by atoms with E-state index in [0.29, 0.717) is 0 Å². The second-order valence-electron chi connectivity index (χ2n) is 38.8. The number of ether oxygens (including phenoxy) is 2. The smallest absolute Gasteiger partial charge is 0.306 e. The number of nitrogens with zero attached hydrogens (tertiary/aromatic N) is 4. The lowest BCUT2D eigenvalue weighted by atomic mass is 9.93. The zero-order chi connectivity index (χ0) is 94.6. The molecule has 14 heterocycles. The average Bonchev–Trinajstić information content (AvgIpc) is 1.59. The van der Waals surface area contributed by atoms with Gasteiger partial charge in [-0.2, -0.15) is 0 Å². The van der Waals surface area contributed by atoms with Crippen molar-refractivity contribution in [1.29, 1.82) is 0 Å². The Kier molecular flexibility index (Phi) is 37.6. The van der Waals surface area contributed by atoms with Crippen LogP contribution < -0.4 is 0 Å². The highest BCUT2D eigenvalue weighted by Crippen LogP contribution is 2.48. The molecule has 0 atom stereocenters. The lowest BCUT2D eigenvalue weighted by Crippen LogP contribution is -2.10. The van der Waals surface area contributed by atoms with Crippen molar-refractivity contribution in [3.05, 3.63) is 197 Å². The highest BCUT2D eigenvalue weighted by atomic mass is 16.5. The number of esters is 2. The molecule has 24 bridgehead atoms. The van der Waals surface area contributed by atoms with Crippen molar-refractivity contribution < 1.29 is 19.1 Å². The fourth-order valence-corrected chi connectivity index (χ4v) is 21.0. The van der Waals surface area contributed by atoms with Crippen LogP contribution >= 0.6 is 0 Å². The van der Waals surface area contributed by atoms with Gasteiger partial charge in [0, 0.05) is 55.4 Å². The zero-order valence-corrected chi connectivity index (χ0v) is 84.8. The van der Waals surface area contributed by atoms with Crippen LogP contribution in [-0.2, 0) is 44.7 Å². The maximum Gasteiger partial charge on any atom is 0.306 e. The quantitative estimate of drug-likeness (QED) is 0.0167. The molecule has 8 aliphatic heterocycles. The summed E-state index contributed by atoms with van der Waals surface area (Å²) in [5.74, 6) is 13.2. The summed E-state index contributed by atoms with van der Waals surface area (Å²) in [6, 6.07) is 27.3. The molecule has 0 amide bonds.